The quantitative estimate of drug-likeness (QED) is 0.246. The van der Waals surface area contributed by atoms with Gasteiger partial charge in [-0.2, -0.15) is 33.3 Å². The number of hydrogen-bond acceptors (Lipinski definition) is 0. The second-order valence-corrected chi connectivity index (χ2v) is 22.7. The van der Waals surface area contributed by atoms with E-state index in [9.17, 15) is 0 Å². The van der Waals surface area contributed by atoms with Crippen molar-refractivity contribution < 1.29 is 49.0 Å². The summed E-state index contributed by atoms with van der Waals surface area (Å²) in [5, 5.41) is 8.87. The van der Waals surface area contributed by atoms with Crippen LogP contribution in [-0.4, -0.2) is 19.4 Å². The molecule has 4 rings (SSSR count). The molecule has 0 heterocycles. The Morgan fingerprint density at radius 1 is 0.625 bits per heavy atom. The van der Waals surface area contributed by atoms with Crippen molar-refractivity contribution in [1.29, 1.82) is 0 Å². The molecule has 0 aliphatic rings. The van der Waals surface area contributed by atoms with Crippen LogP contribution in [0, 0.1) is 0 Å². The molecule has 32 heavy (non-hydrogen) atoms. The second kappa shape index (κ2) is 13.3. The van der Waals surface area contributed by atoms with E-state index in [1.807, 2.05) is 0 Å². The van der Waals surface area contributed by atoms with Gasteiger partial charge in [0.1, 0.15) is 0 Å². The minimum atomic E-state index is -1.15. The van der Waals surface area contributed by atoms with Crippen LogP contribution in [0.2, 0.25) is 39.3 Å². The first-order valence-electron chi connectivity index (χ1n) is 10.7. The summed E-state index contributed by atoms with van der Waals surface area (Å²) in [6.45, 7) is 18.6. The van der Waals surface area contributed by atoms with E-state index in [1.165, 1.54) is 24.8 Å². The Balaban J connectivity index is 0.000000490. The van der Waals surface area contributed by atoms with Gasteiger partial charge in [0.25, 0.3) is 0 Å². The minimum absolute atomic E-state index is 0. The monoisotopic (exact) mass is 576 g/mol. The second-order valence-electron chi connectivity index (χ2n) is 10.2. The zero-order valence-corrected chi connectivity index (χ0v) is 26.7. The fourth-order valence-electron chi connectivity index (χ4n) is 3.61. The Morgan fingerprint density at radius 2 is 0.906 bits per heavy atom. The van der Waals surface area contributed by atoms with Crippen molar-refractivity contribution in [2.75, 3.05) is 0 Å². The van der Waals surface area contributed by atoms with Crippen molar-refractivity contribution in [2.24, 2.45) is 0 Å². The molecule has 4 aromatic rings. The van der Waals surface area contributed by atoms with Gasteiger partial charge in [0.2, 0.25) is 0 Å². The maximum Gasteiger partial charge on any atom is 0.0209 e. The number of hydrogen-bond donors (Lipinski definition) is 0. The maximum absolute atomic E-state index is 2.40. The van der Waals surface area contributed by atoms with Crippen molar-refractivity contribution in [2.45, 2.75) is 53.1 Å². The molecule has 5 heteroatoms. The van der Waals surface area contributed by atoms with Gasteiger partial charge in [-0.1, -0.05) is 51.4 Å². The summed E-state index contributed by atoms with van der Waals surface area (Å²) in [6.07, 6.45) is 0. The number of halogens is 2. The molecule has 0 spiro atoms. The summed E-state index contributed by atoms with van der Waals surface area (Å²) in [7, 11) is -2.29. The van der Waals surface area contributed by atoms with Gasteiger partial charge < -0.3 is 24.8 Å². The Hall–Kier alpha value is -0.573. The molecule has 0 amide bonds. The van der Waals surface area contributed by atoms with E-state index in [0.717, 1.165) is 0 Å². The maximum atomic E-state index is 2.40. The van der Waals surface area contributed by atoms with E-state index >= 15 is 0 Å². The van der Waals surface area contributed by atoms with Gasteiger partial charge in [-0.3, -0.25) is 0 Å². The van der Waals surface area contributed by atoms with Crippen LogP contribution in [0.3, 0.4) is 0 Å². The molecular weight excluding hydrogens is 543 g/mol. The summed E-state index contributed by atoms with van der Waals surface area (Å²) < 4.78 is 1.51. The molecule has 0 N–H and O–H groups in total. The largest absolute Gasteiger partial charge is 1.00 e. The summed E-state index contributed by atoms with van der Waals surface area (Å²) in [5.74, 6) is 0. The van der Waals surface area contributed by atoms with Crippen LogP contribution in [0.4, 0.5) is 0 Å². The van der Waals surface area contributed by atoms with E-state index in [1.54, 1.807) is 34.6 Å². The summed E-state index contributed by atoms with van der Waals surface area (Å²) >= 11 is 1.55. The molecule has 0 atom stereocenters. The Bertz CT molecular complexity index is 1020. The molecule has 0 radical (unpaired) electrons. The van der Waals surface area contributed by atoms with Crippen LogP contribution >= 0.6 is 0 Å². The van der Waals surface area contributed by atoms with Gasteiger partial charge in [0, 0.05) is 16.1 Å². The number of benzene rings is 2. The van der Waals surface area contributed by atoms with Gasteiger partial charge in [0.05, 0.1) is 0 Å². The van der Waals surface area contributed by atoms with Crippen LogP contribution in [-0.2, 0) is 24.2 Å². The van der Waals surface area contributed by atoms with Gasteiger partial charge in [0.15, 0.2) is 0 Å². The molecule has 172 valence electrons. The van der Waals surface area contributed by atoms with Crippen molar-refractivity contribution >= 4 is 51.3 Å². The summed E-state index contributed by atoms with van der Waals surface area (Å²) in [5.41, 5.74) is 0. The average molecular weight is 579 g/mol. The average Bonchev–Trinajstić information content (AvgIpc) is 3.25. The fourth-order valence-corrected chi connectivity index (χ4v) is 6.85. The molecule has 0 aliphatic heterocycles. The fraction of sp³-hybridized carbons (Fsp3) is 0.296. The molecule has 0 unspecified atom stereocenters. The third-order valence-corrected chi connectivity index (χ3v) is 9.08. The number of fused-ring (bicyclic) bond motifs is 2. The van der Waals surface area contributed by atoms with Gasteiger partial charge in [-0.25, -0.2) is 0 Å². The summed E-state index contributed by atoms with van der Waals surface area (Å²) in [6, 6.07) is 26.4. The van der Waals surface area contributed by atoms with Crippen molar-refractivity contribution in [3.05, 3.63) is 72.8 Å². The van der Waals surface area contributed by atoms with Gasteiger partial charge in [-0.05, 0) is 0 Å². The van der Waals surface area contributed by atoms with E-state index in [-0.39, 0.29) is 24.8 Å². The first-order chi connectivity index (χ1) is 13.9. The van der Waals surface area contributed by atoms with Gasteiger partial charge >= 0.3 is 41.3 Å². The Labute approximate surface area is 224 Å². The Kier molecular flexibility index (Phi) is 13.1. The number of rotatable bonds is 2. The third-order valence-electron chi connectivity index (χ3n) is 4.98. The molecule has 0 bridgehead atoms. The molecule has 0 aliphatic carbocycles. The minimum Gasteiger partial charge on any atom is -1.00 e. The van der Waals surface area contributed by atoms with Crippen LogP contribution < -0.4 is 35.2 Å². The van der Waals surface area contributed by atoms with E-state index in [4.69, 9.17) is 0 Å². The molecule has 0 nitrogen and oxygen atoms in total. The predicted molar refractivity (Wildman–Crippen MR) is 141 cm³/mol. The SMILES string of the molecule is C[C](C)=[Zr+2].C[Si](C)(C)c1c[cH-]c2ccccc12.C[Si](C)(C)c1c[cH-]c2ccccc12.[Cl-].[Cl-]. The Morgan fingerprint density at radius 3 is 1.19 bits per heavy atom. The van der Waals surface area contributed by atoms with Crippen LogP contribution in [0.25, 0.3) is 21.5 Å². The molecule has 0 saturated carbocycles. The van der Waals surface area contributed by atoms with E-state index < -0.39 is 16.1 Å². The zero-order valence-electron chi connectivity index (χ0n) is 20.7. The molecule has 0 aromatic heterocycles. The third kappa shape index (κ3) is 8.99. The summed E-state index contributed by atoms with van der Waals surface area (Å²) in [4.78, 5) is 0. The molecule has 0 saturated heterocycles. The topological polar surface area (TPSA) is 0 Å². The van der Waals surface area contributed by atoms with Crippen LogP contribution in [0.1, 0.15) is 13.8 Å². The van der Waals surface area contributed by atoms with Crippen molar-refractivity contribution in [1.82, 2.24) is 0 Å². The normalized spacial score (nSPS) is 10.8. The van der Waals surface area contributed by atoms with E-state index in [2.05, 4.69) is 126 Å². The smallest absolute Gasteiger partial charge is 0.0209 e. The van der Waals surface area contributed by atoms with Crippen LogP contribution in [0.5, 0.6) is 0 Å². The van der Waals surface area contributed by atoms with Crippen molar-refractivity contribution in [3.63, 3.8) is 0 Å². The predicted octanol–water partition coefficient (Wildman–Crippen LogP) is 0.961. The molecule has 4 aromatic carbocycles. The van der Waals surface area contributed by atoms with Crippen molar-refractivity contribution in [3.8, 4) is 0 Å². The molecular formula is C27H36Cl2Si2Zr-2. The van der Waals surface area contributed by atoms with Crippen LogP contribution in [0.15, 0.2) is 72.8 Å². The first kappa shape index (κ1) is 31.4. The zero-order chi connectivity index (χ0) is 22.5. The standard InChI is InChI=1S/2C12H15Si.C3H6.2ClH.Zr/c2*1-13(2,3)12-9-8-10-6-4-5-7-11(10)12;1-3-2;;;/h2*4-9H,1-3H3;1-2H3;2*1H;/q2*-1;;;;+2/p-2. The van der Waals surface area contributed by atoms with E-state index in [0.29, 0.717) is 0 Å². The first-order valence-corrected chi connectivity index (χ1v) is 19.0. The molecule has 0 fully saturated rings. The van der Waals surface area contributed by atoms with Gasteiger partial charge in [-0.15, -0.1) is 59.3 Å².